The van der Waals surface area contributed by atoms with E-state index in [2.05, 4.69) is 5.32 Å². The number of carboxylic acid groups (broad SMARTS) is 1. The van der Waals surface area contributed by atoms with Gasteiger partial charge in [-0.3, -0.25) is 4.79 Å². The van der Waals surface area contributed by atoms with Gasteiger partial charge in [0.15, 0.2) is 0 Å². The quantitative estimate of drug-likeness (QED) is 0.508. The number of anilines is 1. The topological polar surface area (TPSA) is 84.6 Å². The molecule has 0 amide bonds. The third-order valence-corrected chi connectivity index (χ3v) is 2.91. The van der Waals surface area contributed by atoms with Gasteiger partial charge in [0.2, 0.25) is 0 Å². The number of benzene rings is 1. The SMILES string of the molecule is CB1O[C@H](CN)c2cccc(NCC(=O)O)c21.[Rf]. The molecule has 1 aliphatic heterocycles. The number of carbonyl (C=O) groups is 1. The van der Waals surface area contributed by atoms with E-state index in [9.17, 15) is 4.79 Å². The van der Waals surface area contributed by atoms with Gasteiger partial charge < -0.3 is 20.8 Å². The fourth-order valence-corrected chi connectivity index (χ4v) is 2.21. The first-order valence-electron chi connectivity index (χ1n) is 5.57. The van der Waals surface area contributed by atoms with Gasteiger partial charge in [-0.15, -0.1) is 0 Å². The predicted octanol–water partition coefficient (Wildman–Crippen LogP) is 0.0414. The van der Waals surface area contributed by atoms with Crippen LogP contribution in [0, 0.1) is 0 Å². The first kappa shape index (κ1) is 13.5. The smallest absolute Gasteiger partial charge is 0.326 e. The van der Waals surface area contributed by atoms with Crippen molar-refractivity contribution in [3.63, 3.8) is 0 Å². The van der Waals surface area contributed by atoms with E-state index in [1.165, 1.54) is 0 Å². The number of rotatable bonds is 4. The summed E-state index contributed by atoms with van der Waals surface area (Å²) >= 11 is 0. The average Bonchev–Trinajstić information content (AvgIpc) is 2.64. The van der Waals surface area contributed by atoms with Crippen molar-refractivity contribution in [2.45, 2.75) is 12.9 Å². The van der Waals surface area contributed by atoms with Crippen molar-refractivity contribution in [2.24, 2.45) is 5.73 Å². The summed E-state index contributed by atoms with van der Waals surface area (Å²) < 4.78 is 5.72. The van der Waals surface area contributed by atoms with E-state index in [0.717, 1.165) is 16.7 Å². The van der Waals surface area contributed by atoms with E-state index < -0.39 is 5.97 Å². The van der Waals surface area contributed by atoms with E-state index in [4.69, 9.17) is 15.5 Å². The van der Waals surface area contributed by atoms with Crippen molar-refractivity contribution in [3.8, 4) is 0 Å². The molecule has 2 rings (SSSR count). The minimum atomic E-state index is -0.885. The average molecular weight is 501 g/mol. The Bertz CT molecular complexity index is 444. The zero-order valence-corrected chi connectivity index (χ0v) is 16.7. The second-order valence-electron chi connectivity index (χ2n) is 4.06. The van der Waals surface area contributed by atoms with Crippen LogP contribution >= 0.6 is 0 Å². The van der Waals surface area contributed by atoms with Crippen LogP contribution in [0.15, 0.2) is 18.2 Å². The van der Waals surface area contributed by atoms with Crippen LogP contribution in [-0.4, -0.2) is 31.1 Å². The van der Waals surface area contributed by atoms with Crippen molar-refractivity contribution in [3.05, 3.63) is 23.8 Å². The zero-order chi connectivity index (χ0) is 12.4. The molecule has 7 heteroatoms. The molecule has 0 saturated carbocycles. The molecule has 0 aliphatic carbocycles. The van der Waals surface area contributed by atoms with Crippen LogP contribution in [0.2, 0.25) is 6.82 Å². The van der Waals surface area contributed by atoms with Crippen LogP contribution in [0.3, 0.4) is 0 Å². The summed E-state index contributed by atoms with van der Waals surface area (Å²) in [4.78, 5) is 10.6. The van der Waals surface area contributed by atoms with Crippen LogP contribution in [0.4, 0.5) is 5.69 Å². The maximum atomic E-state index is 10.6. The van der Waals surface area contributed by atoms with Crippen LogP contribution in [-0.2, 0) is 9.45 Å². The van der Waals surface area contributed by atoms with Gasteiger partial charge in [0.25, 0.3) is 0 Å². The Balaban J connectivity index is 0.00000162. The number of aliphatic carboxylic acids is 1. The van der Waals surface area contributed by atoms with Crippen LogP contribution in [0.1, 0.15) is 11.7 Å². The van der Waals surface area contributed by atoms with Crippen molar-refractivity contribution in [1.82, 2.24) is 0 Å². The molecule has 1 aromatic rings. The molecule has 0 saturated heterocycles. The maximum absolute atomic E-state index is 10.6. The fourth-order valence-electron chi connectivity index (χ4n) is 2.21. The molecule has 0 aromatic heterocycles. The molecule has 5 nitrogen and oxygen atoms in total. The molecule has 1 aliphatic rings. The van der Waals surface area contributed by atoms with Gasteiger partial charge in [0.1, 0.15) is 6.54 Å². The standard InChI is InChI=1S/C11H15BN2O3.Rf/c1-12-11-7(9(5-13)17-12)3-2-4-8(11)14-6-10(15)16;/h2-4,9,14H,5-6,13H2,1H3,(H,15,16);/t9-;/m1./s1. The summed E-state index contributed by atoms with van der Waals surface area (Å²) in [5.74, 6) is -0.885. The second kappa shape index (κ2) is 5.20. The van der Waals surface area contributed by atoms with E-state index in [-0.39, 0.29) is 19.6 Å². The van der Waals surface area contributed by atoms with Gasteiger partial charge in [-0.05, 0) is 17.1 Å². The summed E-state index contributed by atoms with van der Waals surface area (Å²) in [6, 6.07) is 5.72. The molecule has 0 radical (unpaired) electrons. The zero-order valence-electron chi connectivity index (χ0n) is 10.3. The van der Waals surface area contributed by atoms with Crippen LogP contribution in [0.5, 0.6) is 0 Å². The Hall–Kier alpha value is -2.53. The number of carboxylic acids is 1. The normalized spacial score (nSPS) is 17.0. The maximum Gasteiger partial charge on any atom is 0.326 e. The van der Waals surface area contributed by atoms with Crippen LogP contribution < -0.4 is 16.5 Å². The summed E-state index contributed by atoms with van der Waals surface area (Å²) in [7, 11) is 0. The molecular weight excluding hydrogens is 486 g/mol. The number of fused-ring (bicyclic) bond motifs is 1. The van der Waals surface area contributed by atoms with Gasteiger partial charge in [-0.25, -0.2) is 0 Å². The third kappa shape index (κ3) is 2.26. The predicted molar refractivity (Wildman–Crippen MR) is 66.7 cm³/mol. The molecule has 0 unspecified atom stereocenters. The van der Waals surface area contributed by atoms with Gasteiger partial charge >= 0.3 is 12.9 Å². The molecule has 4 N–H and O–H groups in total. The third-order valence-electron chi connectivity index (χ3n) is 2.91. The van der Waals surface area contributed by atoms with E-state index in [1.54, 1.807) is 0 Å². The van der Waals surface area contributed by atoms with E-state index in [0.29, 0.717) is 6.54 Å². The van der Waals surface area contributed by atoms with Crippen molar-refractivity contribution in [2.75, 3.05) is 18.4 Å². The molecule has 0 bridgehead atoms. The molecule has 1 aromatic carbocycles. The first-order valence-corrected chi connectivity index (χ1v) is 5.57. The largest absolute Gasteiger partial charge is 0.480 e. The summed E-state index contributed by atoms with van der Waals surface area (Å²) in [6.45, 7) is 2.22. The number of nitrogens with two attached hydrogens (primary N) is 1. The first-order chi connectivity index (χ1) is 8.13. The van der Waals surface area contributed by atoms with Crippen LogP contribution in [0.25, 0.3) is 0 Å². The molecule has 18 heavy (non-hydrogen) atoms. The molecular formula is C11H15BN2O3Rf. The summed E-state index contributed by atoms with van der Waals surface area (Å²) in [5, 5.41) is 11.6. The Morgan fingerprint density at radius 1 is 1.61 bits per heavy atom. The Morgan fingerprint density at radius 3 is 2.94 bits per heavy atom. The number of hydrogen-bond acceptors (Lipinski definition) is 4. The van der Waals surface area contributed by atoms with Gasteiger partial charge in [0, 0.05) is 12.2 Å². The molecule has 1 atom stereocenters. The summed E-state index contributed by atoms with van der Waals surface area (Å²) in [6.07, 6.45) is -0.0911. The van der Waals surface area contributed by atoms with Gasteiger partial charge in [-0.1, -0.05) is 19.0 Å². The number of hydrogen-bond donors (Lipinski definition) is 3. The Morgan fingerprint density at radius 2 is 2.33 bits per heavy atom. The van der Waals surface area contributed by atoms with Crippen molar-refractivity contribution < 1.29 is 14.6 Å². The summed E-state index contributed by atoms with van der Waals surface area (Å²) in [5.41, 5.74) is 8.53. The van der Waals surface area contributed by atoms with E-state index >= 15 is 0 Å². The fraction of sp³-hybridized carbons (Fsp3) is 0.364. The van der Waals surface area contributed by atoms with E-state index in [1.807, 2.05) is 25.0 Å². The second-order valence-corrected chi connectivity index (χ2v) is 4.06. The Kier molecular flexibility index (Phi) is 3.91. The monoisotopic (exact) mass is 501 g/mol. The molecule has 0 spiro atoms. The minimum absolute atomic E-state index is 0. The van der Waals surface area contributed by atoms with Crippen molar-refractivity contribution >= 4 is 24.0 Å². The molecule has 92 valence electrons. The van der Waals surface area contributed by atoms with Crippen molar-refractivity contribution in [1.29, 1.82) is 0 Å². The van der Waals surface area contributed by atoms with Gasteiger partial charge in [0.05, 0.1) is 6.10 Å². The molecule has 1 heterocycles. The minimum Gasteiger partial charge on any atom is -0.480 e. The van der Waals surface area contributed by atoms with Gasteiger partial charge in [-0.2, -0.15) is 0 Å². The number of nitrogens with one attached hydrogen (secondary N) is 1. The Labute approximate surface area is 100 Å². The molecule has 0 fully saturated rings.